The summed E-state index contributed by atoms with van der Waals surface area (Å²) in [7, 11) is 0. The van der Waals surface area contributed by atoms with E-state index >= 15 is 0 Å². The Morgan fingerprint density at radius 2 is 1.53 bits per heavy atom. The number of nitrogens with one attached hydrogen (secondary N) is 2. The molecule has 0 saturated heterocycles. The van der Waals surface area contributed by atoms with E-state index in [2.05, 4.69) is 38.3 Å². The second kappa shape index (κ2) is 7.14. The summed E-state index contributed by atoms with van der Waals surface area (Å²) in [5.74, 6) is 0.310. The summed E-state index contributed by atoms with van der Waals surface area (Å²) in [6, 6.07) is -1.29. The lowest BCUT2D eigenvalue weighted by atomic mass is 9.85. The van der Waals surface area contributed by atoms with Crippen LogP contribution in [-0.4, -0.2) is 29.7 Å². The fraction of sp³-hybridized carbons (Fsp3) is 0.833. The molecule has 5 heteroatoms. The Kier molecular flexibility index (Phi) is 6.61. The van der Waals surface area contributed by atoms with Gasteiger partial charge in [-0.05, 0) is 24.7 Å². The van der Waals surface area contributed by atoms with Crippen LogP contribution >= 0.6 is 0 Å². The Morgan fingerprint density at radius 3 is 1.88 bits per heavy atom. The van der Waals surface area contributed by atoms with E-state index in [1.54, 1.807) is 0 Å². The molecule has 0 saturated carbocycles. The van der Waals surface area contributed by atoms with Crippen LogP contribution in [0.1, 0.15) is 34.6 Å². The maximum absolute atomic E-state index is 11.4. The summed E-state index contributed by atoms with van der Waals surface area (Å²) >= 11 is 0. The minimum absolute atomic E-state index is 0.390. The molecule has 0 heterocycles. The van der Waals surface area contributed by atoms with E-state index in [9.17, 15) is 9.59 Å². The molecule has 0 aliphatic rings. The molecule has 3 N–H and O–H groups in total. The zero-order valence-electron chi connectivity index (χ0n) is 11.3. The smallest absolute Gasteiger partial charge is 0.325 e. The second-order valence-corrected chi connectivity index (χ2v) is 5.07. The molecule has 0 bridgehead atoms. The third-order valence-electron chi connectivity index (χ3n) is 2.93. The quantitative estimate of drug-likeness (QED) is 0.665. The molecule has 1 atom stereocenters. The first-order chi connectivity index (χ1) is 7.75. The molecule has 0 spiro atoms. The first kappa shape index (κ1) is 15.7. The van der Waals surface area contributed by atoms with Crippen molar-refractivity contribution in [2.24, 2.45) is 17.8 Å². The van der Waals surface area contributed by atoms with Gasteiger partial charge in [0.05, 0.1) is 0 Å². The third-order valence-corrected chi connectivity index (χ3v) is 2.93. The van der Waals surface area contributed by atoms with Crippen molar-refractivity contribution in [3.05, 3.63) is 0 Å². The van der Waals surface area contributed by atoms with Gasteiger partial charge >= 0.3 is 12.0 Å². The van der Waals surface area contributed by atoms with Crippen molar-refractivity contribution in [3.8, 4) is 0 Å². The standard InChI is InChI=1S/C12H24N2O3/c1-7(2)10(8(3)4)6-13-12(17)14-9(5)11(15)16/h7-10H,6H2,1-5H3,(H,15,16)(H2,13,14,17)/t9-/m0/s1. The minimum Gasteiger partial charge on any atom is -0.480 e. The summed E-state index contributed by atoms with van der Waals surface area (Å²) in [6.07, 6.45) is 0. The minimum atomic E-state index is -1.04. The number of carboxylic acid groups (broad SMARTS) is 1. The first-order valence-corrected chi connectivity index (χ1v) is 6.02. The molecule has 0 aromatic rings. The number of urea groups is 1. The van der Waals surface area contributed by atoms with E-state index in [0.29, 0.717) is 24.3 Å². The van der Waals surface area contributed by atoms with Crippen LogP contribution in [0.2, 0.25) is 0 Å². The van der Waals surface area contributed by atoms with Gasteiger partial charge in [-0.15, -0.1) is 0 Å². The molecule has 100 valence electrons. The highest BCUT2D eigenvalue weighted by atomic mass is 16.4. The van der Waals surface area contributed by atoms with Crippen LogP contribution in [0.5, 0.6) is 0 Å². The van der Waals surface area contributed by atoms with Crippen LogP contribution in [0.4, 0.5) is 4.79 Å². The number of aliphatic carboxylic acids is 1. The van der Waals surface area contributed by atoms with Gasteiger partial charge in [0.25, 0.3) is 0 Å². The van der Waals surface area contributed by atoms with Gasteiger partial charge in [0.2, 0.25) is 0 Å². The third kappa shape index (κ3) is 6.14. The number of hydrogen-bond donors (Lipinski definition) is 3. The molecule has 0 aromatic carbocycles. The Balaban J connectivity index is 4.09. The summed E-state index contributed by atoms with van der Waals surface area (Å²) in [5, 5.41) is 13.7. The molecule has 0 aromatic heterocycles. The van der Waals surface area contributed by atoms with Gasteiger partial charge in [-0.3, -0.25) is 4.79 Å². The van der Waals surface area contributed by atoms with Crippen molar-refractivity contribution < 1.29 is 14.7 Å². The van der Waals surface area contributed by atoms with Gasteiger partial charge in [-0.2, -0.15) is 0 Å². The molecule has 17 heavy (non-hydrogen) atoms. The van der Waals surface area contributed by atoms with Gasteiger partial charge in [0.1, 0.15) is 6.04 Å². The molecule has 0 rings (SSSR count). The van der Waals surface area contributed by atoms with Crippen LogP contribution in [0.15, 0.2) is 0 Å². The molecular formula is C12H24N2O3. The largest absolute Gasteiger partial charge is 0.480 e. The van der Waals surface area contributed by atoms with E-state index in [-0.39, 0.29) is 0 Å². The van der Waals surface area contributed by atoms with E-state index in [1.807, 2.05) is 0 Å². The number of amides is 2. The van der Waals surface area contributed by atoms with Crippen molar-refractivity contribution in [3.63, 3.8) is 0 Å². The fourth-order valence-electron chi connectivity index (χ4n) is 1.76. The molecule has 0 unspecified atom stereocenters. The van der Waals surface area contributed by atoms with Gasteiger partial charge in [0.15, 0.2) is 0 Å². The topological polar surface area (TPSA) is 78.4 Å². The van der Waals surface area contributed by atoms with Gasteiger partial charge in [0, 0.05) is 6.54 Å². The van der Waals surface area contributed by atoms with Gasteiger partial charge in [-0.25, -0.2) is 4.79 Å². The average molecular weight is 244 g/mol. The highest BCUT2D eigenvalue weighted by Gasteiger charge is 2.19. The maximum Gasteiger partial charge on any atom is 0.325 e. The predicted molar refractivity (Wildman–Crippen MR) is 66.8 cm³/mol. The van der Waals surface area contributed by atoms with Crippen molar-refractivity contribution in [1.82, 2.24) is 10.6 Å². The summed E-state index contributed by atoms with van der Waals surface area (Å²) in [4.78, 5) is 22.0. The lowest BCUT2D eigenvalue weighted by Gasteiger charge is -2.25. The first-order valence-electron chi connectivity index (χ1n) is 6.02. The van der Waals surface area contributed by atoms with Crippen LogP contribution in [0.3, 0.4) is 0 Å². The summed E-state index contributed by atoms with van der Waals surface area (Å²) < 4.78 is 0. The second-order valence-electron chi connectivity index (χ2n) is 5.07. The van der Waals surface area contributed by atoms with E-state index in [0.717, 1.165) is 0 Å². The van der Waals surface area contributed by atoms with E-state index < -0.39 is 18.0 Å². The molecule has 0 fully saturated rings. The highest BCUT2D eigenvalue weighted by Crippen LogP contribution is 2.19. The van der Waals surface area contributed by atoms with Crippen molar-refractivity contribution in [2.75, 3.05) is 6.54 Å². The zero-order valence-corrected chi connectivity index (χ0v) is 11.3. The predicted octanol–water partition coefficient (Wildman–Crippen LogP) is 1.69. The average Bonchev–Trinajstić information content (AvgIpc) is 2.16. The lowest BCUT2D eigenvalue weighted by Crippen LogP contribution is -2.46. The van der Waals surface area contributed by atoms with Crippen LogP contribution < -0.4 is 10.6 Å². The fourth-order valence-corrected chi connectivity index (χ4v) is 1.76. The van der Waals surface area contributed by atoms with Crippen molar-refractivity contribution in [1.29, 1.82) is 0 Å². The Hall–Kier alpha value is -1.26. The number of carboxylic acids is 1. The van der Waals surface area contributed by atoms with Crippen LogP contribution in [0.25, 0.3) is 0 Å². The number of carbonyl (C=O) groups is 2. The van der Waals surface area contributed by atoms with Crippen molar-refractivity contribution >= 4 is 12.0 Å². The summed E-state index contributed by atoms with van der Waals surface area (Å²) in [6.45, 7) is 10.5. The van der Waals surface area contributed by atoms with E-state index in [1.165, 1.54) is 6.92 Å². The molecule has 0 aliphatic carbocycles. The van der Waals surface area contributed by atoms with Crippen LogP contribution in [0, 0.1) is 17.8 Å². The van der Waals surface area contributed by atoms with Crippen LogP contribution in [-0.2, 0) is 4.79 Å². The molecule has 5 nitrogen and oxygen atoms in total. The zero-order chi connectivity index (χ0) is 13.6. The Bertz CT molecular complexity index is 256. The number of rotatable bonds is 6. The molecule has 0 aliphatic heterocycles. The number of carbonyl (C=O) groups excluding carboxylic acids is 1. The lowest BCUT2D eigenvalue weighted by molar-refractivity contribution is -0.138. The molecule has 2 amide bonds. The Morgan fingerprint density at radius 1 is 1.06 bits per heavy atom. The van der Waals surface area contributed by atoms with Gasteiger partial charge < -0.3 is 15.7 Å². The monoisotopic (exact) mass is 244 g/mol. The molecular weight excluding hydrogens is 220 g/mol. The molecule has 0 radical (unpaired) electrons. The number of hydrogen-bond acceptors (Lipinski definition) is 2. The maximum atomic E-state index is 11.4. The van der Waals surface area contributed by atoms with Crippen molar-refractivity contribution in [2.45, 2.75) is 40.7 Å². The van der Waals surface area contributed by atoms with E-state index in [4.69, 9.17) is 5.11 Å². The summed E-state index contributed by atoms with van der Waals surface area (Å²) in [5.41, 5.74) is 0. The Labute approximate surface area is 103 Å². The van der Waals surface area contributed by atoms with Gasteiger partial charge in [-0.1, -0.05) is 27.7 Å². The normalized spacial score (nSPS) is 12.9. The highest BCUT2D eigenvalue weighted by molar-refractivity contribution is 5.82. The SMILES string of the molecule is CC(C)C(CNC(=O)N[C@@H](C)C(=O)O)C(C)C.